The molecule has 0 aliphatic carbocycles. The lowest BCUT2D eigenvalue weighted by atomic mass is 9.98. The molecule has 2 aliphatic rings. The van der Waals surface area contributed by atoms with E-state index in [0.717, 1.165) is 62.3 Å². The number of hydrogen-bond acceptors (Lipinski definition) is 5. The van der Waals surface area contributed by atoms with E-state index in [0.29, 0.717) is 5.69 Å². The molecular formula is C22H31N5O2. The van der Waals surface area contributed by atoms with Gasteiger partial charge in [0.05, 0.1) is 17.9 Å². The van der Waals surface area contributed by atoms with Crippen LogP contribution in [0.5, 0.6) is 0 Å². The van der Waals surface area contributed by atoms with E-state index in [1.54, 1.807) is 0 Å². The first-order valence-corrected chi connectivity index (χ1v) is 10.6. The second kappa shape index (κ2) is 8.63. The highest BCUT2D eigenvalue weighted by atomic mass is 16.5. The van der Waals surface area contributed by atoms with Crippen LogP contribution in [0, 0.1) is 0 Å². The lowest BCUT2D eigenvalue weighted by Crippen LogP contribution is -2.46. The van der Waals surface area contributed by atoms with Crippen LogP contribution in [0.1, 0.15) is 60.2 Å². The summed E-state index contributed by atoms with van der Waals surface area (Å²) < 4.78 is 5.84. The number of nitrogens with zero attached hydrogens (tertiary/aromatic N) is 4. The smallest absolute Gasteiger partial charge is 0.274 e. The van der Waals surface area contributed by atoms with Crippen LogP contribution in [0.4, 0.5) is 0 Å². The molecule has 2 atom stereocenters. The van der Waals surface area contributed by atoms with Gasteiger partial charge in [0, 0.05) is 63.0 Å². The summed E-state index contributed by atoms with van der Waals surface area (Å²) >= 11 is 0. The quantitative estimate of drug-likeness (QED) is 0.839. The van der Waals surface area contributed by atoms with Gasteiger partial charge in [-0.25, -0.2) is 0 Å². The number of aromatic nitrogens is 3. The first-order chi connectivity index (χ1) is 14.0. The van der Waals surface area contributed by atoms with Crippen LogP contribution in [0.25, 0.3) is 0 Å². The number of rotatable bonds is 5. The Bertz CT molecular complexity index is 829. The van der Waals surface area contributed by atoms with Gasteiger partial charge in [-0.05, 0) is 38.8 Å². The van der Waals surface area contributed by atoms with Crippen molar-refractivity contribution < 1.29 is 9.53 Å². The highest BCUT2D eigenvalue weighted by Gasteiger charge is 2.33. The molecule has 1 N–H and O–H groups in total. The zero-order valence-corrected chi connectivity index (χ0v) is 17.6. The van der Waals surface area contributed by atoms with Crippen LogP contribution in [0.3, 0.4) is 0 Å². The van der Waals surface area contributed by atoms with Crippen LogP contribution in [0.15, 0.2) is 24.4 Å². The maximum Gasteiger partial charge on any atom is 0.274 e. The van der Waals surface area contributed by atoms with Gasteiger partial charge >= 0.3 is 0 Å². The molecule has 1 saturated heterocycles. The average Bonchev–Trinajstić information content (AvgIpc) is 3.16. The van der Waals surface area contributed by atoms with E-state index in [1.807, 2.05) is 44.1 Å². The maximum atomic E-state index is 13.2. The predicted molar refractivity (Wildman–Crippen MR) is 111 cm³/mol. The van der Waals surface area contributed by atoms with Crippen LogP contribution < -0.4 is 0 Å². The molecule has 4 heterocycles. The third-order valence-corrected chi connectivity index (χ3v) is 6.27. The van der Waals surface area contributed by atoms with Crippen molar-refractivity contribution in [3.8, 4) is 0 Å². The lowest BCUT2D eigenvalue weighted by molar-refractivity contribution is -0.00703. The third kappa shape index (κ3) is 4.36. The second-order valence-corrected chi connectivity index (χ2v) is 8.32. The van der Waals surface area contributed by atoms with E-state index >= 15 is 0 Å². The third-order valence-electron chi connectivity index (χ3n) is 6.27. The molecule has 2 aliphatic heterocycles. The molecule has 29 heavy (non-hydrogen) atoms. The zero-order chi connectivity index (χ0) is 20.4. The van der Waals surface area contributed by atoms with Crippen molar-refractivity contribution in [2.75, 3.05) is 26.7 Å². The number of hydrogen-bond donors (Lipinski definition) is 1. The summed E-state index contributed by atoms with van der Waals surface area (Å²) in [6.45, 7) is 7.09. The fraction of sp³-hybridized carbons (Fsp3) is 0.591. The standard InChI is InChI=1S/C22H31N5O2/c1-15-14-19-20(16(2)29-15)24-25-21(19)22(28)26(3)18-8-12-27(13-9-18)11-7-17-6-4-5-10-23-17/h4-6,10,15-16,18H,7-9,11-14H2,1-3H3,(H,24,25)/t15-,16+/m1/s1. The Kier molecular flexibility index (Phi) is 5.96. The number of piperidine rings is 1. The maximum absolute atomic E-state index is 13.2. The molecule has 156 valence electrons. The van der Waals surface area contributed by atoms with Crippen molar-refractivity contribution >= 4 is 5.91 Å². The van der Waals surface area contributed by atoms with Crippen molar-refractivity contribution in [1.82, 2.24) is 25.0 Å². The van der Waals surface area contributed by atoms with E-state index in [2.05, 4.69) is 26.1 Å². The van der Waals surface area contributed by atoms with Gasteiger partial charge in [0.15, 0.2) is 5.69 Å². The van der Waals surface area contributed by atoms with E-state index in [9.17, 15) is 4.79 Å². The molecule has 0 spiro atoms. The molecule has 1 amide bonds. The Balaban J connectivity index is 1.33. The van der Waals surface area contributed by atoms with E-state index in [1.165, 1.54) is 0 Å². The van der Waals surface area contributed by atoms with E-state index in [-0.39, 0.29) is 24.2 Å². The van der Waals surface area contributed by atoms with Crippen LogP contribution >= 0.6 is 0 Å². The Hall–Kier alpha value is -2.25. The zero-order valence-electron chi connectivity index (χ0n) is 17.6. The number of H-pyrrole nitrogens is 1. The number of likely N-dealkylation sites (tertiary alicyclic amines) is 1. The number of nitrogens with one attached hydrogen (secondary N) is 1. The van der Waals surface area contributed by atoms with Crippen LogP contribution in [-0.4, -0.2) is 69.7 Å². The number of amides is 1. The topological polar surface area (TPSA) is 74.4 Å². The Morgan fingerprint density at radius 3 is 2.83 bits per heavy atom. The molecule has 4 rings (SSSR count). The molecule has 0 unspecified atom stereocenters. The van der Waals surface area contributed by atoms with Crippen LogP contribution in [0.2, 0.25) is 0 Å². The van der Waals surface area contributed by atoms with Crippen molar-refractivity contribution in [2.24, 2.45) is 0 Å². The molecule has 7 heteroatoms. The summed E-state index contributed by atoms with van der Waals surface area (Å²) in [6, 6.07) is 6.33. The minimum atomic E-state index is -0.0459. The number of aromatic amines is 1. The summed E-state index contributed by atoms with van der Waals surface area (Å²) in [4.78, 5) is 21.9. The number of ether oxygens (including phenoxy) is 1. The number of fused-ring (bicyclic) bond motifs is 1. The Morgan fingerprint density at radius 1 is 1.31 bits per heavy atom. The summed E-state index contributed by atoms with van der Waals surface area (Å²) in [5.41, 5.74) is 3.69. The van der Waals surface area contributed by atoms with Crippen LogP contribution in [-0.2, 0) is 17.6 Å². The fourth-order valence-electron chi connectivity index (χ4n) is 4.53. The summed E-state index contributed by atoms with van der Waals surface area (Å²) in [5, 5.41) is 7.40. The molecular weight excluding hydrogens is 366 g/mol. The molecule has 0 bridgehead atoms. The van der Waals surface area contributed by atoms with Gasteiger partial charge in [-0.15, -0.1) is 0 Å². The fourth-order valence-corrected chi connectivity index (χ4v) is 4.53. The predicted octanol–water partition coefficient (Wildman–Crippen LogP) is 2.61. The van der Waals surface area contributed by atoms with E-state index < -0.39 is 0 Å². The van der Waals surface area contributed by atoms with Gasteiger partial charge in [0.2, 0.25) is 0 Å². The van der Waals surface area contributed by atoms with E-state index in [4.69, 9.17) is 4.74 Å². The van der Waals surface area contributed by atoms with Gasteiger partial charge in [0.1, 0.15) is 0 Å². The second-order valence-electron chi connectivity index (χ2n) is 8.32. The SMILES string of the molecule is C[C@@H]1Cc2c(C(=O)N(C)C3CCN(CCc4ccccn4)CC3)n[nH]c2[C@H](C)O1. The molecule has 2 aromatic rings. The minimum absolute atomic E-state index is 0.0238. The molecule has 0 saturated carbocycles. The minimum Gasteiger partial charge on any atom is -0.369 e. The Morgan fingerprint density at radius 2 is 2.10 bits per heavy atom. The molecule has 7 nitrogen and oxygen atoms in total. The average molecular weight is 398 g/mol. The molecule has 0 aromatic carbocycles. The summed E-state index contributed by atoms with van der Waals surface area (Å²) in [6.07, 6.45) is 5.60. The molecule has 0 radical (unpaired) electrons. The van der Waals surface area contributed by atoms with Crippen molar-refractivity contribution in [3.05, 3.63) is 47.0 Å². The number of pyridine rings is 1. The lowest BCUT2D eigenvalue weighted by Gasteiger charge is -2.36. The van der Waals surface area contributed by atoms with Gasteiger partial charge in [0.25, 0.3) is 5.91 Å². The summed E-state index contributed by atoms with van der Waals surface area (Å²) in [5.74, 6) is 0.0238. The number of carbonyl (C=O) groups excluding carboxylic acids is 1. The highest BCUT2D eigenvalue weighted by Crippen LogP contribution is 2.31. The highest BCUT2D eigenvalue weighted by molar-refractivity contribution is 5.94. The first-order valence-electron chi connectivity index (χ1n) is 10.6. The summed E-state index contributed by atoms with van der Waals surface area (Å²) in [7, 11) is 1.92. The van der Waals surface area contributed by atoms with Gasteiger partial charge in [-0.2, -0.15) is 5.10 Å². The van der Waals surface area contributed by atoms with Crippen molar-refractivity contribution in [1.29, 1.82) is 0 Å². The van der Waals surface area contributed by atoms with Crippen molar-refractivity contribution in [2.45, 2.75) is 57.8 Å². The largest absolute Gasteiger partial charge is 0.369 e. The first kappa shape index (κ1) is 20.0. The van der Waals surface area contributed by atoms with Gasteiger partial charge in [-0.1, -0.05) is 6.07 Å². The molecule has 1 fully saturated rings. The number of carbonyl (C=O) groups is 1. The van der Waals surface area contributed by atoms with Crippen molar-refractivity contribution in [3.63, 3.8) is 0 Å². The molecule has 2 aromatic heterocycles. The Labute approximate surface area is 172 Å². The van der Waals surface area contributed by atoms with Gasteiger partial charge in [-0.3, -0.25) is 14.9 Å². The monoisotopic (exact) mass is 397 g/mol. The van der Waals surface area contributed by atoms with Gasteiger partial charge < -0.3 is 14.5 Å². The normalized spacial score (nSPS) is 23.0.